The van der Waals surface area contributed by atoms with Crippen molar-refractivity contribution in [1.82, 2.24) is 10.2 Å². The summed E-state index contributed by atoms with van der Waals surface area (Å²) in [4.78, 5) is 6.74. The van der Waals surface area contributed by atoms with Crippen molar-refractivity contribution < 1.29 is 8.42 Å². The van der Waals surface area contributed by atoms with Crippen LogP contribution in [0.3, 0.4) is 0 Å². The standard InChI is InChI=1S/C15H31N3O2S.HI/c1-7-16-13(18-10-8-15(5,6)12-18)17-9-11-21(19,20)14(2,3)4;/h7-12H2,1-6H3,(H,16,17);1H. The van der Waals surface area contributed by atoms with Gasteiger partial charge in [0, 0.05) is 19.6 Å². The van der Waals surface area contributed by atoms with Gasteiger partial charge in [-0.1, -0.05) is 13.8 Å². The number of guanidine groups is 1. The molecule has 0 bridgehead atoms. The molecule has 0 aromatic rings. The SMILES string of the molecule is CCNC(=NCCS(=O)(=O)C(C)(C)C)N1CCC(C)(C)C1.I. The zero-order chi connectivity index (χ0) is 16.3. The maximum Gasteiger partial charge on any atom is 0.193 e. The third-order valence-corrected chi connectivity index (χ3v) is 6.45. The molecule has 22 heavy (non-hydrogen) atoms. The van der Waals surface area contributed by atoms with Crippen LogP contribution in [0.4, 0.5) is 0 Å². The summed E-state index contributed by atoms with van der Waals surface area (Å²) < 4.78 is 23.5. The number of aliphatic imine (C=N–C) groups is 1. The van der Waals surface area contributed by atoms with Crippen molar-refractivity contribution in [3.63, 3.8) is 0 Å². The van der Waals surface area contributed by atoms with Crippen molar-refractivity contribution in [2.45, 2.75) is 52.7 Å². The summed E-state index contributed by atoms with van der Waals surface area (Å²) in [6.45, 7) is 14.8. The van der Waals surface area contributed by atoms with Gasteiger partial charge in [-0.2, -0.15) is 0 Å². The van der Waals surface area contributed by atoms with Gasteiger partial charge in [-0.3, -0.25) is 4.99 Å². The molecule has 1 aliphatic rings. The molecule has 7 heteroatoms. The molecule has 0 aliphatic carbocycles. The third kappa shape index (κ3) is 6.22. The van der Waals surface area contributed by atoms with Crippen molar-refractivity contribution in [2.24, 2.45) is 10.4 Å². The monoisotopic (exact) mass is 445 g/mol. The van der Waals surface area contributed by atoms with Gasteiger partial charge in [0.05, 0.1) is 17.0 Å². The third-order valence-electron chi connectivity index (χ3n) is 3.87. The quantitative estimate of drug-likeness (QED) is 0.411. The van der Waals surface area contributed by atoms with E-state index in [1.165, 1.54) is 0 Å². The summed E-state index contributed by atoms with van der Waals surface area (Å²) in [6, 6.07) is 0. The summed E-state index contributed by atoms with van der Waals surface area (Å²) in [5.74, 6) is 0.940. The first kappa shape index (κ1) is 21.9. The van der Waals surface area contributed by atoms with Gasteiger partial charge in [-0.05, 0) is 39.5 Å². The lowest BCUT2D eigenvalue weighted by atomic mass is 9.93. The van der Waals surface area contributed by atoms with E-state index < -0.39 is 14.6 Å². The second kappa shape index (κ2) is 8.17. The fraction of sp³-hybridized carbons (Fsp3) is 0.933. The Balaban J connectivity index is 0.00000441. The first-order valence-corrected chi connectivity index (χ1v) is 9.39. The number of halogens is 1. The van der Waals surface area contributed by atoms with Crippen LogP contribution in [0.2, 0.25) is 0 Å². The molecule has 132 valence electrons. The van der Waals surface area contributed by atoms with Gasteiger partial charge in [0.15, 0.2) is 15.8 Å². The highest BCUT2D eigenvalue weighted by Crippen LogP contribution is 2.28. The van der Waals surface area contributed by atoms with Gasteiger partial charge in [0.25, 0.3) is 0 Å². The maximum absolute atomic E-state index is 12.1. The van der Waals surface area contributed by atoms with Crippen molar-refractivity contribution in [1.29, 1.82) is 0 Å². The lowest BCUT2D eigenvalue weighted by molar-refractivity contribution is 0.370. The van der Waals surface area contributed by atoms with E-state index in [1.54, 1.807) is 20.8 Å². The van der Waals surface area contributed by atoms with E-state index in [0.29, 0.717) is 12.0 Å². The summed E-state index contributed by atoms with van der Waals surface area (Å²) in [7, 11) is -3.11. The van der Waals surface area contributed by atoms with E-state index in [0.717, 1.165) is 32.0 Å². The molecule has 1 saturated heterocycles. The number of hydrogen-bond acceptors (Lipinski definition) is 3. The molecule has 0 spiro atoms. The van der Waals surface area contributed by atoms with Crippen LogP contribution in [0.25, 0.3) is 0 Å². The molecule has 1 fully saturated rings. The van der Waals surface area contributed by atoms with Crippen LogP contribution >= 0.6 is 24.0 Å². The fourth-order valence-electron chi connectivity index (χ4n) is 2.30. The zero-order valence-corrected chi connectivity index (χ0v) is 17.9. The number of nitrogens with zero attached hydrogens (tertiary/aromatic N) is 2. The Kier molecular flexibility index (Phi) is 8.15. The number of likely N-dealkylation sites (tertiary alicyclic amines) is 1. The first-order chi connectivity index (χ1) is 9.48. The Morgan fingerprint density at radius 2 is 1.91 bits per heavy atom. The number of rotatable bonds is 4. The van der Waals surface area contributed by atoms with E-state index >= 15 is 0 Å². The average molecular weight is 445 g/mol. The van der Waals surface area contributed by atoms with E-state index in [2.05, 4.69) is 29.1 Å². The Hall–Kier alpha value is -0.0500. The Morgan fingerprint density at radius 1 is 1.32 bits per heavy atom. The smallest absolute Gasteiger partial charge is 0.193 e. The van der Waals surface area contributed by atoms with Crippen molar-refractivity contribution in [2.75, 3.05) is 31.9 Å². The molecular formula is C15H32IN3O2S. The number of hydrogen-bond donors (Lipinski definition) is 1. The number of sulfone groups is 1. The van der Waals surface area contributed by atoms with Crippen LogP contribution in [-0.2, 0) is 9.84 Å². The highest BCUT2D eigenvalue weighted by Gasteiger charge is 2.31. The van der Waals surface area contributed by atoms with Crippen LogP contribution in [0.1, 0.15) is 48.0 Å². The van der Waals surface area contributed by atoms with Gasteiger partial charge >= 0.3 is 0 Å². The molecule has 0 amide bonds. The molecule has 0 aromatic carbocycles. The molecule has 0 radical (unpaired) electrons. The van der Waals surface area contributed by atoms with Gasteiger partial charge in [-0.25, -0.2) is 8.42 Å². The average Bonchev–Trinajstić information content (AvgIpc) is 2.67. The van der Waals surface area contributed by atoms with Gasteiger partial charge in [0.2, 0.25) is 0 Å². The van der Waals surface area contributed by atoms with E-state index in [9.17, 15) is 8.42 Å². The second-order valence-corrected chi connectivity index (χ2v) is 10.4. The Morgan fingerprint density at radius 3 is 2.32 bits per heavy atom. The minimum Gasteiger partial charge on any atom is -0.357 e. The minimum atomic E-state index is -3.11. The number of nitrogens with one attached hydrogen (secondary N) is 1. The zero-order valence-electron chi connectivity index (χ0n) is 14.8. The molecule has 1 aliphatic heterocycles. The predicted molar refractivity (Wildman–Crippen MR) is 105 cm³/mol. The molecule has 0 atom stereocenters. The van der Waals surface area contributed by atoms with Crippen molar-refractivity contribution in [3.8, 4) is 0 Å². The maximum atomic E-state index is 12.1. The minimum absolute atomic E-state index is 0. The summed E-state index contributed by atoms with van der Waals surface area (Å²) >= 11 is 0. The van der Waals surface area contributed by atoms with Crippen LogP contribution in [0.5, 0.6) is 0 Å². The Bertz CT molecular complexity index is 482. The van der Waals surface area contributed by atoms with Crippen LogP contribution in [0, 0.1) is 5.41 Å². The van der Waals surface area contributed by atoms with Crippen LogP contribution in [0.15, 0.2) is 4.99 Å². The largest absolute Gasteiger partial charge is 0.357 e. The first-order valence-electron chi connectivity index (χ1n) is 7.74. The summed E-state index contributed by atoms with van der Waals surface area (Å²) in [5.41, 5.74) is 0.299. The van der Waals surface area contributed by atoms with Gasteiger partial charge < -0.3 is 10.2 Å². The van der Waals surface area contributed by atoms with Crippen LogP contribution < -0.4 is 5.32 Å². The highest BCUT2D eigenvalue weighted by atomic mass is 127. The van der Waals surface area contributed by atoms with Crippen molar-refractivity contribution >= 4 is 39.8 Å². The lowest BCUT2D eigenvalue weighted by Gasteiger charge is -2.24. The fourth-order valence-corrected chi connectivity index (χ4v) is 3.24. The lowest BCUT2D eigenvalue weighted by Crippen LogP contribution is -2.41. The Labute approximate surface area is 153 Å². The molecule has 1 N–H and O–H groups in total. The van der Waals surface area contributed by atoms with Crippen molar-refractivity contribution in [3.05, 3.63) is 0 Å². The normalized spacial score (nSPS) is 19.0. The molecular weight excluding hydrogens is 413 g/mol. The summed E-state index contributed by atoms with van der Waals surface area (Å²) in [5, 5.41) is 3.27. The summed E-state index contributed by atoms with van der Waals surface area (Å²) in [6.07, 6.45) is 1.14. The highest BCUT2D eigenvalue weighted by molar-refractivity contribution is 14.0. The van der Waals surface area contributed by atoms with E-state index in [1.807, 2.05) is 6.92 Å². The molecule has 5 nitrogen and oxygen atoms in total. The molecule has 1 rings (SSSR count). The van der Waals surface area contributed by atoms with E-state index in [-0.39, 0.29) is 29.7 Å². The second-order valence-electron chi connectivity index (χ2n) is 7.50. The molecule has 0 saturated carbocycles. The molecule has 1 heterocycles. The molecule has 0 unspecified atom stereocenters. The molecule has 0 aromatic heterocycles. The van der Waals surface area contributed by atoms with Gasteiger partial charge in [-0.15, -0.1) is 24.0 Å². The van der Waals surface area contributed by atoms with Crippen LogP contribution in [-0.4, -0.2) is 56.0 Å². The predicted octanol–water partition coefficient (Wildman–Crippen LogP) is 2.52. The van der Waals surface area contributed by atoms with E-state index in [4.69, 9.17) is 0 Å². The van der Waals surface area contributed by atoms with Gasteiger partial charge in [0.1, 0.15) is 0 Å². The topological polar surface area (TPSA) is 61.8 Å².